The molecule has 1 rings (SSSR count). The maximum absolute atomic E-state index is 13.6. The van der Waals surface area contributed by atoms with Gasteiger partial charge in [-0.05, 0) is 25.2 Å². The van der Waals surface area contributed by atoms with Crippen molar-refractivity contribution in [2.24, 2.45) is 11.7 Å². The molecule has 2 amide bonds. The molecule has 0 aliphatic carbocycles. The van der Waals surface area contributed by atoms with E-state index in [-0.39, 0.29) is 12.5 Å². The number of nitrogens with one attached hydrogen (secondary N) is 1. The van der Waals surface area contributed by atoms with Crippen LogP contribution in [0, 0.1) is 5.92 Å². The molecule has 6 atom stereocenters. The highest BCUT2D eigenvalue weighted by molar-refractivity contribution is 5.82. The van der Waals surface area contributed by atoms with Crippen LogP contribution in [0.2, 0.25) is 0 Å². The van der Waals surface area contributed by atoms with Crippen LogP contribution in [0.25, 0.3) is 0 Å². The lowest BCUT2D eigenvalue weighted by Gasteiger charge is -2.46. The van der Waals surface area contributed by atoms with Gasteiger partial charge in [-0.2, -0.15) is 0 Å². The van der Waals surface area contributed by atoms with E-state index in [0.29, 0.717) is 19.4 Å². The number of hydrogen-bond acceptors (Lipinski definition) is 8. The molecule has 1 aliphatic heterocycles. The number of aliphatic hydroxyl groups excluding tert-OH is 3. The smallest absolute Gasteiger partial charge is 0.411 e. The molecule has 290 valence electrons. The Balaban J connectivity index is 2.78. The second-order valence-corrected chi connectivity index (χ2v) is 14.9. The molecule has 1 heterocycles. The normalized spacial score (nSPS) is 21.5. The zero-order chi connectivity index (χ0) is 36.3. The fourth-order valence-electron chi connectivity index (χ4n) is 6.68. The van der Waals surface area contributed by atoms with Crippen LogP contribution >= 0.6 is 0 Å². The van der Waals surface area contributed by atoms with Crippen molar-refractivity contribution in [3.63, 3.8) is 0 Å². The Hall–Kier alpha value is -1.46. The van der Waals surface area contributed by atoms with Gasteiger partial charge in [0.15, 0.2) is 6.23 Å². The van der Waals surface area contributed by atoms with E-state index < -0.39 is 55.2 Å². The number of carbonyl (C=O) groups is 2. The van der Waals surface area contributed by atoms with E-state index in [9.17, 15) is 24.9 Å². The van der Waals surface area contributed by atoms with Crippen molar-refractivity contribution in [3.05, 3.63) is 0 Å². The first-order valence-corrected chi connectivity index (χ1v) is 20.3. The number of unbranched alkanes of at least 4 members (excludes halogenated alkanes) is 20. The molecule has 0 bridgehead atoms. The Morgan fingerprint density at radius 3 is 1.63 bits per heavy atom. The van der Waals surface area contributed by atoms with E-state index in [1.54, 1.807) is 0 Å². The summed E-state index contributed by atoms with van der Waals surface area (Å²) >= 11 is 0. The van der Waals surface area contributed by atoms with Gasteiger partial charge in [-0.3, -0.25) is 9.69 Å². The highest BCUT2D eigenvalue weighted by atomic mass is 16.6. The molecule has 0 aromatic heterocycles. The summed E-state index contributed by atoms with van der Waals surface area (Å²) < 4.78 is 11.8. The van der Waals surface area contributed by atoms with Crippen molar-refractivity contribution in [1.82, 2.24) is 10.2 Å². The first-order chi connectivity index (χ1) is 23.7. The molecule has 6 N–H and O–H groups in total. The van der Waals surface area contributed by atoms with Gasteiger partial charge >= 0.3 is 6.09 Å². The molecule has 1 aliphatic rings. The van der Waals surface area contributed by atoms with Crippen LogP contribution in [-0.2, 0) is 14.3 Å². The van der Waals surface area contributed by atoms with Gasteiger partial charge in [0.1, 0.15) is 24.4 Å². The van der Waals surface area contributed by atoms with Crippen LogP contribution in [0.5, 0.6) is 0 Å². The van der Waals surface area contributed by atoms with Crippen molar-refractivity contribution in [1.29, 1.82) is 0 Å². The number of carbonyl (C=O) groups excluding carboxylic acids is 2. The average molecular weight is 700 g/mol. The van der Waals surface area contributed by atoms with Crippen LogP contribution in [0.4, 0.5) is 4.79 Å². The highest BCUT2D eigenvalue weighted by Crippen LogP contribution is 2.26. The van der Waals surface area contributed by atoms with Gasteiger partial charge in [0.25, 0.3) is 0 Å². The Morgan fingerprint density at radius 2 is 1.18 bits per heavy atom. The standard InChI is InChI=1S/C39H77N3O7/c1-5-7-9-11-13-15-17-18-20-22-24-26-28-48-39(47)42(27-25-23-21-19-16-14-12-10-8-6-2)38-34(36(45)35(44)33(30-43)49-38)41-37(46)32(40)29-31(3)4/h31-36,38,43-45H,5-30,40H2,1-4H3,(H,41,46)/t32-,33+,34+,35+,36+,38+/m0/s1. The molecular weight excluding hydrogens is 622 g/mol. The summed E-state index contributed by atoms with van der Waals surface area (Å²) in [6, 6.07) is -1.97. The minimum absolute atomic E-state index is 0.177. The van der Waals surface area contributed by atoms with Crippen LogP contribution < -0.4 is 11.1 Å². The van der Waals surface area contributed by atoms with Gasteiger partial charge in [0, 0.05) is 6.54 Å². The predicted molar refractivity (Wildman–Crippen MR) is 198 cm³/mol. The van der Waals surface area contributed by atoms with Crippen molar-refractivity contribution < 1.29 is 34.4 Å². The molecular formula is C39H77N3O7. The molecule has 0 unspecified atom stereocenters. The molecule has 49 heavy (non-hydrogen) atoms. The second kappa shape index (κ2) is 29.2. The Labute approximate surface area is 299 Å². The summed E-state index contributed by atoms with van der Waals surface area (Å²) in [6.07, 6.45) is 20.5. The third-order valence-corrected chi connectivity index (χ3v) is 9.79. The van der Waals surface area contributed by atoms with Gasteiger partial charge in [-0.25, -0.2) is 4.79 Å². The molecule has 1 fully saturated rings. The molecule has 0 spiro atoms. The average Bonchev–Trinajstić information content (AvgIpc) is 3.07. The molecule has 0 aromatic rings. The largest absolute Gasteiger partial charge is 0.449 e. The van der Waals surface area contributed by atoms with Gasteiger partial charge in [0.2, 0.25) is 5.91 Å². The summed E-state index contributed by atoms with van der Waals surface area (Å²) in [5.41, 5.74) is 6.14. The van der Waals surface area contributed by atoms with Crippen molar-refractivity contribution >= 4 is 12.0 Å². The third kappa shape index (κ3) is 20.2. The number of aliphatic hydroxyl groups is 3. The SMILES string of the molecule is CCCCCCCCCCCCCCOC(=O)N(CCCCCCCCCCCC)[C@@H]1O[C@H](CO)[C@@H](O)[C@H](O)[C@H]1NC(=O)[C@@H](N)CC(C)C. The number of nitrogens with two attached hydrogens (primary N) is 1. The minimum atomic E-state index is -1.48. The maximum Gasteiger partial charge on any atom is 0.411 e. The number of nitrogens with zero attached hydrogens (tertiary/aromatic N) is 1. The molecule has 0 radical (unpaired) electrons. The predicted octanol–water partition coefficient (Wildman–Crippen LogP) is 7.34. The first-order valence-electron chi connectivity index (χ1n) is 20.3. The number of ether oxygens (including phenoxy) is 2. The number of amides is 2. The summed E-state index contributed by atoms with van der Waals surface area (Å²) in [5, 5.41) is 34.5. The van der Waals surface area contributed by atoms with Crippen molar-refractivity contribution in [2.75, 3.05) is 19.8 Å². The second-order valence-electron chi connectivity index (χ2n) is 14.9. The zero-order valence-corrected chi connectivity index (χ0v) is 31.9. The summed E-state index contributed by atoms with van der Waals surface area (Å²) in [7, 11) is 0. The van der Waals surface area contributed by atoms with Gasteiger partial charge in [-0.1, -0.05) is 156 Å². The number of rotatable bonds is 30. The monoisotopic (exact) mass is 700 g/mol. The van der Waals surface area contributed by atoms with Crippen molar-refractivity contribution in [2.45, 2.75) is 212 Å². The fraction of sp³-hybridized carbons (Fsp3) is 0.949. The lowest BCUT2D eigenvalue weighted by Crippen LogP contribution is -2.69. The van der Waals surface area contributed by atoms with Crippen molar-refractivity contribution in [3.8, 4) is 0 Å². The Bertz CT molecular complexity index is 817. The third-order valence-electron chi connectivity index (χ3n) is 9.79. The lowest BCUT2D eigenvalue weighted by atomic mass is 9.94. The maximum atomic E-state index is 13.6. The topological polar surface area (TPSA) is 155 Å². The van der Waals surface area contributed by atoms with Gasteiger partial charge in [-0.15, -0.1) is 0 Å². The van der Waals surface area contributed by atoms with E-state index >= 15 is 0 Å². The molecule has 0 saturated carbocycles. The fourth-order valence-corrected chi connectivity index (χ4v) is 6.68. The molecule has 10 nitrogen and oxygen atoms in total. The van der Waals surface area contributed by atoms with Crippen LogP contribution in [-0.4, -0.2) is 88.6 Å². The molecule has 1 saturated heterocycles. The first kappa shape index (κ1) is 45.6. The van der Waals surface area contributed by atoms with Crippen LogP contribution in [0.15, 0.2) is 0 Å². The minimum Gasteiger partial charge on any atom is -0.449 e. The Kier molecular flexibility index (Phi) is 27.1. The lowest BCUT2D eigenvalue weighted by molar-refractivity contribution is -0.226. The highest BCUT2D eigenvalue weighted by Gasteiger charge is 2.48. The van der Waals surface area contributed by atoms with E-state index in [0.717, 1.165) is 38.5 Å². The van der Waals surface area contributed by atoms with E-state index in [2.05, 4.69) is 19.2 Å². The quantitative estimate of drug-likeness (QED) is 0.0488. The van der Waals surface area contributed by atoms with Gasteiger partial charge < -0.3 is 35.8 Å². The van der Waals surface area contributed by atoms with E-state index in [1.165, 1.54) is 101 Å². The van der Waals surface area contributed by atoms with Crippen LogP contribution in [0.3, 0.4) is 0 Å². The summed E-state index contributed by atoms with van der Waals surface area (Å²) in [6.45, 7) is 8.40. The Morgan fingerprint density at radius 1 is 0.735 bits per heavy atom. The summed E-state index contributed by atoms with van der Waals surface area (Å²) in [5.74, 6) is -0.318. The summed E-state index contributed by atoms with van der Waals surface area (Å²) in [4.78, 5) is 28.1. The van der Waals surface area contributed by atoms with E-state index in [1.807, 2.05) is 13.8 Å². The van der Waals surface area contributed by atoms with Crippen LogP contribution in [0.1, 0.15) is 175 Å². The molecule has 0 aromatic carbocycles. The zero-order valence-electron chi connectivity index (χ0n) is 31.9. The van der Waals surface area contributed by atoms with Gasteiger partial charge in [0.05, 0.1) is 19.3 Å². The number of hydrogen-bond donors (Lipinski definition) is 5. The molecule has 10 heteroatoms. The van der Waals surface area contributed by atoms with E-state index in [4.69, 9.17) is 15.2 Å².